The molecule has 0 bridgehead atoms. The Bertz CT molecular complexity index is 1250. The number of aromatic nitrogens is 1. The maximum atomic E-state index is 13.0. The Morgan fingerprint density at radius 3 is 2.50 bits per heavy atom. The first-order valence-corrected chi connectivity index (χ1v) is 12.5. The lowest BCUT2D eigenvalue weighted by Crippen LogP contribution is -2.23. The first-order valence-electron chi connectivity index (χ1n) is 11.0. The summed E-state index contributed by atoms with van der Waals surface area (Å²) in [6.07, 6.45) is 4.07. The Morgan fingerprint density at radius 1 is 1.09 bits per heavy atom. The van der Waals surface area contributed by atoms with Gasteiger partial charge >= 0.3 is 0 Å². The molecule has 1 heterocycles. The molecule has 2 aromatic carbocycles. The number of benzene rings is 2. The van der Waals surface area contributed by atoms with Crippen LogP contribution in [-0.4, -0.2) is 33.0 Å². The van der Waals surface area contributed by atoms with Crippen molar-refractivity contribution < 1.29 is 22.7 Å². The van der Waals surface area contributed by atoms with E-state index in [1.807, 2.05) is 13.0 Å². The molecule has 34 heavy (non-hydrogen) atoms. The van der Waals surface area contributed by atoms with E-state index < -0.39 is 15.9 Å². The summed E-state index contributed by atoms with van der Waals surface area (Å²) in [5.74, 6) is 0.935. The minimum absolute atomic E-state index is 0.123. The van der Waals surface area contributed by atoms with Crippen molar-refractivity contribution >= 4 is 21.6 Å². The molecular weight excluding hydrogens is 454 g/mol. The fraction of sp³-hybridized carbons (Fsp3) is 0.280. The van der Waals surface area contributed by atoms with Crippen LogP contribution in [-0.2, 0) is 16.6 Å². The normalized spacial score (nSPS) is 13.2. The number of nitrogens with zero attached hydrogens (tertiary/aromatic N) is 1. The molecule has 4 rings (SSSR count). The van der Waals surface area contributed by atoms with Crippen LogP contribution in [0.15, 0.2) is 65.7 Å². The van der Waals surface area contributed by atoms with Crippen LogP contribution in [0.2, 0.25) is 0 Å². The average Bonchev–Trinajstić information content (AvgIpc) is 3.67. The van der Waals surface area contributed by atoms with E-state index in [1.165, 1.54) is 38.2 Å². The highest BCUT2D eigenvalue weighted by molar-refractivity contribution is 7.92. The van der Waals surface area contributed by atoms with Gasteiger partial charge in [0, 0.05) is 30.1 Å². The molecule has 1 aromatic heterocycles. The van der Waals surface area contributed by atoms with E-state index >= 15 is 0 Å². The molecule has 178 valence electrons. The van der Waals surface area contributed by atoms with Gasteiger partial charge in [0.05, 0.1) is 13.7 Å². The molecule has 8 nitrogen and oxygen atoms in total. The largest absolute Gasteiger partial charge is 0.495 e. The molecule has 1 saturated carbocycles. The molecule has 0 radical (unpaired) electrons. The fourth-order valence-corrected chi connectivity index (χ4v) is 4.49. The van der Waals surface area contributed by atoms with Gasteiger partial charge < -0.3 is 14.8 Å². The molecule has 9 heteroatoms. The standard InChI is InChI=1S/C25H27N3O5S/c1-17-3-9-21(10-4-17)28-34(30,31)23-13-20(8-11-22(23)32-2)25(29)27-15-19-7-12-24(26-14-19)33-16-18-5-6-18/h3-4,7-14,18,28H,5-6,15-16H2,1-2H3,(H,27,29). The average molecular weight is 482 g/mol. The molecule has 2 N–H and O–H groups in total. The number of carbonyl (C=O) groups excluding carboxylic acids is 1. The van der Waals surface area contributed by atoms with Gasteiger partial charge in [-0.25, -0.2) is 13.4 Å². The van der Waals surface area contributed by atoms with Crippen LogP contribution >= 0.6 is 0 Å². The van der Waals surface area contributed by atoms with Crippen molar-refractivity contribution in [3.8, 4) is 11.6 Å². The van der Waals surface area contributed by atoms with E-state index in [0.717, 1.165) is 11.1 Å². The molecule has 0 spiro atoms. The lowest BCUT2D eigenvalue weighted by atomic mass is 10.2. The van der Waals surface area contributed by atoms with Crippen LogP contribution in [0.5, 0.6) is 11.6 Å². The van der Waals surface area contributed by atoms with Crippen LogP contribution in [0.3, 0.4) is 0 Å². The fourth-order valence-electron chi connectivity index (χ4n) is 3.23. The Labute approximate surface area is 199 Å². The number of carbonyl (C=O) groups is 1. The molecule has 0 atom stereocenters. The maximum Gasteiger partial charge on any atom is 0.265 e. The molecule has 1 aliphatic carbocycles. The highest BCUT2D eigenvalue weighted by atomic mass is 32.2. The number of anilines is 1. The van der Waals surface area contributed by atoms with Crippen molar-refractivity contribution in [3.05, 3.63) is 77.5 Å². The smallest absolute Gasteiger partial charge is 0.265 e. The second-order valence-corrected chi connectivity index (χ2v) is 9.93. The molecule has 1 amide bonds. The summed E-state index contributed by atoms with van der Waals surface area (Å²) in [4.78, 5) is 16.9. The molecule has 0 unspecified atom stereocenters. The number of hydrogen-bond acceptors (Lipinski definition) is 6. The number of nitrogens with one attached hydrogen (secondary N) is 2. The first-order chi connectivity index (χ1) is 16.3. The lowest BCUT2D eigenvalue weighted by molar-refractivity contribution is 0.0950. The van der Waals surface area contributed by atoms with Gasteiger partial charge in [-0.3, -0.25) is 9.52 Å². The molecular formula is C25H27N3O5S. The van der Waals surface area contributed by atoms with E-state index in [4.69, 9.17) is 9.47 Å². The van der Waals surface area contributed by atoms with Crippen molar-refractivity contribution in [1.82, 2.24) is 10.3 Å². The number of amides is 1. The molecule has 1 aliphatic rings. The Hall–Kier alpha value is -3.59. The van der Waals surface area contributed by atoms with Gasteiger partial charge in [0.15, 0.2) is 0 Å². The van der Waals surface area contributed by atoms with Crippen LogP contribution in [0.4, 0.5) is 5.69 Å². The SMILES string of the molecule is COc1ccc(C(=O)NCc2ccc(OCC3CC3)nc2)cc1S(=O)(=O)Nc1ccc(C)cc1. The third-order valence-electron chi connectivity index (χ3n) is 5.43. The number of rotatable bonds is 10. The Morgan fingerprint density at radius 2 is 1.85 bits per heavy atom. The number of ether oxygens (including phenoxy) is 2. The van der Waals surface area contributed by atoms with E-state index in [1.54, 1.807) is 36.5 Å². The minimum Gasteiger partial charge on any atom is -0.495 e. The van der Waals surface area contributed by atoms with Gasteiger partial charge in [-0.05, 0) is 61.6 Å². The number of sulfonamides is 1. The van der Waals surface area contributed by atoms with Gasteiger partial charge in [-0.2, -0.15) is 0 Å². The summed E-state index contributed by atoms with van der Waals surface area (Å²) >= 11 is 0. The number of hydrogen-bond donors (Lipinski definition) is 2. The Balaban J connectivity index is 1.43. The van der Waals surface area contributed by atoms with E-state index in [0.29, 0.717) is 24.1 Å². The summed E-state index contributed by atoms with van der Waals surface area (Å²) in [6, 6.07) is 14.9. The van der Waals surface area contributed by atoms with Crippen molar-refractivity contribution in [2.24, 2.45) is 5.92 Å². The number of pyridine rings is 1. The molecule has 3 aromatic rings. The molecule has 1 fully saturated rings. The quantitative estimate of drug-likeness (QED) is 0.455. The lowest BCUT2D eigenvalue weighted by Gasteiger charge is -2.13. The van der Waals surface area contributed by atoms with Crippen LogP contribution in [0, 0.1) is 12.8 Å². The zero-order chi connectivity index (χ0) is 24.1. The van der Waals surface area contributed by atoms with Crippen molar-refractivity contribution in [2.45, 2.75) is 31.2 Å². The van der Waals surface area contributed by atoms with Crippen molar-refractivity contribution in [3.63, 3.8) is 0 Å². The number of aryl methyl sites for hydroxylation is 1. The maximum absolute atomic E-state index is 13.0. The summed E-state index contributed by atoms with van der Waals surface area (Å²) in [6.45, 7) is 2.84. The van der Waals surface area contributed by atoms with Crippen LogP contribution < -0.4 is 19.5 Å². The Kier molecular flexibility index (Phi) is 7.02. The molecule has 0 aliphatic heterocycles. The zero-order valence-corrected chi connectivity index (χ0v) is 19.9. The van der Waals surface area contributed by atoms with Crippen LogP contribution in [0.25, 0.3) is 0 Å². The summed E-state index contributed by atoms with van der Waals surface area (Å²) in [7, 11) is -2.60. The van der Waals surface area contributed by atoms with Gasteiger partial charge in [0.25, 0.3) is 15.9 Å². The van der Waals surface area contributed by atoms with Crippen LogP contribution in [0.1, 0.15) is 34.3 Å². The second kappa shape index (κ2) is 10.1. The second-order valence-electron chi connectivity index (χ2n) is 8.28. The van der Waals surface area contributed by atoms with Crippen molar-refractivity contribution in [1.29, 1.82) is 0 Å². The van der Waals surface area contributed by atoms with Gasteiger partial charge in [-0.1, -0.05) is 23.8 Å². The highest BCUT2D eigenvalue weighted by Gasteiger charge is 2.23. The van der Waals surface area contributed by atoms with Gasteiger partial charge in [0.1, 0.15) is 10.6 Å². The zero-order valence-electron chi connectivity index (χ0n) is 19.1. The summed E-state index contributed by atoms with van der Waals surface area (Å²) in [5.41, 5.74) is 2.42. The third kappa shape index (κ3) is 6.05. The van der Waals surface area contributed by atoms with E-state index in [2.05, 4.69) is 15.0 Å². The summed E-state index contributed by atoms with van der Waals surface area (Å²) < 4.78 is 39.4. The van der Waals surface area contributed by atoms with Crippen molar-refractivity contribution in [2.75, 3.05) is 18.4 Å². The predicted molar refractivity (Wildman–Crippen MR) is 129 cm³/mol. The van der Waals surface area contributed by atoms with E-state index in [9.17, 15) is 13.2 Å². The predicted octanol–water partition coefficient (Wildman–Crippen LogP) is 3.92. The first kappa shape index (κ1) is 23.6. The number of methoxy groups -OCH3 is 1. The minimum atomic E-state index is -3.98. The molecule has 0 saturated heterocycles. The van der Waals surface area contributed by atoms with Gasteiger partial charge in [-0.15, -0.1) is 0 Å². The third-order valence-corrected chi connectivity index (χ3v) is 6.84. The topological polar surface area (TPSA) is 107 Å². The van der Waals surface area contributed by atoms with Gasteiger partial charge in [0.2, 0.25) is 5.88 Å². The highest BCUT2D eigenvalue weighted by Crippen LogP contribution is 2.29. The monoisotopic (exact) mass is 481 g/mol. The summed E-state index contributed by atoms with van der Waals surface area (Å²) in [5, 5.41) is 2.79. The van der Waals surface area contributed by atoms with E-state index in [-0.39, 0.29) is 22.8 Å².